The molecule has 0 saturated carbocycles. The molecule has 1 amide bonds. The van der Waals surface area contributed by atoms with E-state index in [1.165, 1.54) is 16.9 Å². The Kier molecular flexibility index (Phi) is 5.38. The van der Waals surface area contributed by atoms with E-state index in [0.717, 1.165) is 12.8 Å². The number of fused-ring (bicyclic) bond motifs is 1. The maximum atomic E-state index is 12.0. The number of rotatable bonds is 6. The predicted molar refractivity (Wildman–Crippen MR) is 92.4 cm³/mol. The van der Waals surface area contributed by atoms with Crippen molar-refractivity contribution in [3.63, 3.8) is 0 Å². The summed E-state index contributed by atoms with van der Waals surface area (Å²) in [5.74, 6) is 0.0697. The maximum absolute atomic E-state index is 12.0. The number of nitrogens with one attached hydrogen (secondary N) is 1. The Balaban J connectivity index is 2.01. The minimum Gasteiger partial charge on any atom is -0.394 e. The van der Waals surface area contributed by atoms with E-state index in [4.69, 9.17) is 4.74 Å². The first kappa shape index (κ1) is 19.2. The number of hydrogen-bond acceptors (Lipinski definition) is 8. The molecule has 10 nitrogen and oxygen atoms in total. The fourth-order valence-electron chi connectivity index (χ4n) is 3.17. The molecule has 4 N–H and O–H groups in total. The molecule has 144 valence electrons. The molecule has 0 spiro atoms. The van der Waals surface area contributed by atoms with Gasteiger partial charge in [0.25, 0.3) is 0 Å². The van der Waals surface area contributed by atoms with E-state index in [9.17, 15) is 25.4 Å². The van der Waals surface area contributed by atoms with Crippen molar-refractivity contribution in [2.24, 2.45) is 0 Å². The van der Waals surface area contributed by atoms with Crippen LogP contribution in [0, 0.1) is 11.3 Å². The summed E-state index contributed by atoms with van der Waals surface area (Å²) in [4.78, 5) is 16.1. The van der Waals surface area contributed by atoms with E-state index in [1.54, 1.807) is 6.07 Å². The van der Waals surface area contributed by atoms with Crippen molar-refractivity contribution in [1.82, 2.24) is 14.6 Å². The molecule has 10 heteroatoms. The SMILES string of the molecule is CCCCC(=O)Nc1ncnn2c([C@]3(C#N)O[C@H](CO)[C@@H](O)[C@H]3O)ccc12. The highest BCUT2D eigenvalue weighted by Gasteiger charge is 2.57. The molecular formula is C17H21N5O5. The van der Waals surface area contributed by atoms with Crippen LogP contribution in [0.4, 0.5) is 5.82 Å². The maximum Gasteiger partial charge on any atom is 0.225 e. The fourth-order valence-corrected chi connectivity index (χ4v) is 3.17. The molecule has 0 bridgehead atoms. The lowest BCUT2D eigenvalue weighted by Gasteiger charge is -2.24. The molecule has 1 aliphatic heterocycles. The minimum atomic E-state index is -1.92. The van der Waals surface area contributed by atoms with Gasteiger partial charge in [0.15, 0.2) is 5.82 Å². The number of nitrogens with zero attached hydrogens (tertiary/aromatic N) is 4. The number of nitriles is 1. The zero-order chi connectivity index (χ0) is 19.6. The second kappa shape index (κ2) is 7.58. The van der Waals surface area contributed by atoms with Crippen LogP contribution in [0.5, 0.6) is 0 Å². The molecule has 27 heavy (non-hydrogen) atoms. The highest BCUT2D eigenvalue weighted by atomic mass is 16.6. The highest BCUT2D eigenvalue weighted by Crippen LogP contribution is 2.40. The molecule has 2 aromatic heterocycles. The Labute approximate surface area is 155 Å². The van der Waals surface area contributed by atoms with E-state index >= 15 is 0 Å². The average molecular weight is 375 g/mol. The van der Waals surface area contributed by atoms with Crippen molar-refractivity contribution in [1.29, 1.82) is 5.26 Å². The van der Waals surface area contributed by atoms with Crippen molar-refractivity contribution in [2.45, 2.75) is 50.1 Å². The van der Waals surface area contributed by atoms with Gasteiger partial charge in [-0.05, 0) is 18.6 Å². The van der Waals surface area contributed by atoms with Gasteiger partial charge >= 0.3 is 0 Å². The van der Waals surface area contributed by atoms with E-state index < -0.39 is 30.5 Å². The molecule has 0 aliphatic carbocycles. The number of carbonyl (C=O) groups excluding carboxylic acids is 1. The summed E-state index contributed by atoms with van der Waals surface area (Å²) >= 11 is 0. The lowest BCUT2D eigenvalue weighted by Crippen LogP contribution is -2.40. The van der Waals surface area contributed by atoms with Crippen LogP contribution in [0.15, 0.2) is 18.5 Å². The van der Waals surface area contributed by atoms with Crippen LogP contribution in [0.3, 0.4) is 0 Å². The first-order valence-electron chi connectivity index (χ1n) is 8.67. The van der Waals surface area contributed by atoms with Gasteiger partial charge in [-0.3, -0.25) is 4.79 Å². The standard InChI is InChI=1S/C17H21N5O5/c1-2-3-4-13(24)21-16-10-5-6-12(22(10)20-9-19-16)17(8-18)15(26)14(25)11(7-23)27-17/h5-6,9,11,14-15,23,25-26H,2-4,7H2,1H3,(H,19,20,21,24)/t11-,14-,15-,17+/m1/s1. The van der Waals surface area contributed by atoms with Gasteiger partial charge in [0.05, 0.1) is 12.3 Å². The van der Waals surface area contributed by atoms with Gasteiger partial charge in [-0.15, -0.1) is 0 Å². The molecule has 1 aliphatic rings. The lowest BCUT2D eigenvalue weighted by molar-refractivity contribution is -0.116. The zero-order valence-electron chi connectivity index (χ0n) is 14.7. The van der Waals surface area contributed by atoms with Crippen molar-refractivity contribution < 1.29 is 24.9 Å². The Morgan fingerprint density at radius 1 is 1.48 bits per heavy atom. The van der Waals surface area contributed by atoms with Crippen molar-refractivity contribution in [2.75, 3.05) is 11.9 Å². The van der Waals surface area contributed by atoms with Crippen LogP contribution in [0.2, 0.25) is 0 Å². The summed E-state index contributed by atoms with van der Waals surface area (Å²) in [6.45, 7) is 1.43. The first-order valence-corrected chi connectivity index (χ1v) is 8.67. The van der Waals surface area contributed by atoms with Gasteiger partial charge in [-0.25, -0.2) is 9.50 Å². The van der Waals surface area contributed by atoms with Crippen LogP contribution < -0.4 is 5.32 Å². The first-order chi connectivity index (χ1) is 13.0. The largest absolute Gasteiger partial charge is 0.394 e. The average Bonchev–Trinajstić information content (AvgIpc) is 3.22. The Morgan fingerprint density at radius 3 is 2.89 bits per heavy atom. The Hall–Kier alpha value is -2.58. The fraction of sp³-hybridized carbons (Fsp3) is 0.529. The number of unbranched alkanes of at least 4 members (excludes halogenated alkanes) is 1. The third-order valence-corrected chi connectivity index (χ3v) is 4.65. The third kappa shape index (κ3) is 3.15. The van der Waals surface area contributed by atoms with Crippen LogP contribution in [-0.2, 0) is 15.1 Å². The van der Waals surface area contributed by atoms with Gasteiger partial charge in [0, 0.05) is 6.42 Å². The van der Waals surface area contributed by atoms with Crippen LogP contribution in [0.25, 0.3) is 5.52 Å². The minimum absolute atomic E-state index is 0.161. The normalized spacial score (nSPS) is 27.6. The number of carbonyl (C=O) groups is 1. The van der Waals surface area contributed by atoms with Gasteiger partial charge in [-0.2, -0.15) is 10.4 Å². The molecule has 3 rings (SSSR count). The van der Waals surface area contributed by atoms with Gasteiger partial charge in [-0.1, -0.05) is 13.3 Å². The van der Waals surface area contributed by atoms with Gasteiger partial charge in [0.2, 0.25) is 11.5 Å². The summed E-state index contributed by atoms with van der Waals surface area (Å²) < 4.78 is 6.84. The summed E-state index contributed by atoms with van der Waals surface area (Å²) in [6.07, 6.45) is -0.939. The summed E-state index contributed by atoms with van der Waals surface area (Å²) in [5.41, 5.74) is -1.35. The summed E-state index contributed by atoms with van der Waals surface area (Å²) in [7, 11) is 0. The number of aliphatic hydroxyl groups excluding tert-OH is 3. The smallest absolute Gasteiger partial charge is 0.225 e. The molecule has 0 aromatic carbocycles. The number of anilines is 1. The summed E-state index contributed by atoms with van der Waals surface area (Å²) in [6, 6.07) is 4.98. The van der Waals surface area contributed by atoms with Crippen molar-refractivity contribution >= 4 is 17.2 Å². The van der Waals surface area contributed by atoms with E-state index in [-0.39, 0.29) is 17.4 Å². The molecular weight excluding hydrogens is 354 g/mol. The molecule has 4 atom stereocenters. The highest BCUT2D eigenvalue weighted by molar-refractivity contribution is 5.93. The van der Waals surface area contributed by atoms with Crippen LogP contribution >= 0.6 is 0 Å². The second-order valence-electron chi connectivity index (χ2n) is 6.40. The Morgan fingerprint density at radius 2 is 2.26 bits per heavy atom. The Bertz CT molecular complexity index is 878. The topological polar surface area (TPSA) is 153 Å². The number of aromatic nitrogens is 3. The van der Waals surface area contributed by atoms with Crippen LogP contribution in [0.1, 0.15) is 31.9 Å². The van der Waals surface area contributed by atoms with Crippen molar-refractivity contribution in [3.05, 3.63) is 24.2 Å². The zero-order valence-corrected chi connectivity index (χ0v) is 14.7. The monoisotopic (exact) mass is 375 g/mol. The van der Waals surface area contributed by atoms with E-state index in [2.05, 4.69) is 15.4 Å². The molecule has 0 unspecified atom stereocenters. The molecule has 2 aromatic rings. The van der Waals surface area contributed by atoms with E-state index in [0.29, 0.717) is 11.9 Å². The third-order valence-electron chi connectivity index (χ3n) is 4.65. The van der Waals surface area contributed by atoms with E-state index in [1.807, 2.05) is 13.0 Å². The quantitative estimate of drug-likeness (QED) is 0.536. The number of amides is 1. The number of hydrogen-bond donors (Lipinski definition) is 4. The number of ether oxygens (including phenoxy) is 1. The van der Waals surface area contributed by atoms with Crippen molar-refractivity contribution in [3.8, 4) is 6.07 Å². The number of aliphatic hydroxyl groups is 3. The predicted octanol–water partition coefficient (Wildman–Crippen LogP) is -0.310. The molecule has 1 fully saturated rings. The lowest BCUT2D eigenvalue weighted by atomic mass is 9.92. The van der Waals surface area contributed by atoms with Gasteiger partial charge in [0.1, 0.15) is 36.2 Å². The summed E-state index contributed by atoms with van der Waals surface area (Å²) in [5, 5.41) is 46.3. The second-order valence-corrected chi connectivity index (χ2v) is 6.40. The van der Waals surface area contributed by atoms with Gasteiger partial charge < -0.3 is 25.4 Å². The van der Waals surface area contributed by atoms with Crippen LogP contribution in [-0.4, -0.2) is 60.7 Å². The molecule has 0 radical (unpaired) electrons. The molecule has 3 heterocycles. The molecule has 1 saturated heterocycles.